The molecule has 1 aliphatic rings. The van der Waals surface area contributed by atoms with Crippen LogP contribution in [-0.4, -0.2) is 27.9 Å². The highest BCUT2D eigenvalue weighted by Gasteiger charge is 2.35. The monoisotopic (exact) mass is 233 g/mol. The van der Waals surface area contributed by atoms with Gasteiger partial charge in [-0.15, -0.1) is 0 Å². The Kier molecular flexibility index (Phi) is 3.13. The van der Waals surface area contributed by atoms with Gasteiger partial charge in [0.05, 0.1) is 0 Å². The van der Waals surface area contributed by atoms with Gasteiger partial charge in [0.2, 0.25) is 5.91 Å². The van der Waals surface area contributed by atoms with E-state index in [1.807, 2.05) is 31.2 Å². The Balaban J connectivity index is 2.13. The van der Waals surface area contributed by atoms with Crippen molar-refractivity contribution in [3.8, 4) is 0 Å². The number of nitrogens with zero attached hydrogens (tertiary/aromatic N) is 1. The molecule has 0 aliphatic carbocycles. The molecule has 1 atom stereocenters. The molecule has 1 aromatic carbocycles. The largest absolute Gasteiger partial charge is 0.480 e. The summed E-state index contributed by atoms with van der Waals surface area (Å²) in [4.78, 5) is 24.1. The number of hydrogen-bond acceptors (Lipinski definition) is 2. The van der Waals surface area contributed by atoms with E-state index in [4.69, 9.17) is 5.11 Å². The zero-order chi connectivity index (χ0) is 12.4. The van der Waals surface area contributed by atoms with Crippen molar-refractivity contribution in [1.29, 1.82) is 0 Å². The van der Waals surface area contributed by atoms with E-state index in [0.29, 0.717) is 19.4 Å². The van der Waals surface area contributed by atoms with Gasteiger partial charge in [-0.2, -0.15) is 0 Å². The quantitative estimate of drug-likeness (QED) is 0.862. The minimum Gasteiger partial charge on any atom is -0.480 e. The summed E-state index contributed by atoms with van der Waals surface area (Å²) in [6.45, 7) is 2.38. The van der Waals surface area contributed by atoms with Crippen molar-refractivity contribution in [1.82, 2.24) is 4.90 Å². The summed E-state index contributed by atoms with van der Waals surface area (Å²) in [5, 5.41) is 9.03. The molecule has 4 nitrogen and oxygen atoms in total. The Labute approximate surface area is 99.9 Å². The molecular formula is C13H15NO3. The summed E-state index contributed by atoms with van der Waals surface area (Å²) in [5.41, 5.74) is 2.12. The minimum absolute atomic E-state index is 0.0713. The normalized spacial score (nSPS) is 19.7. The smallest absolute Gasteiger partial charge is 0.326 e. The highest BCUT2D eigenvalue weighted by Crippen LogP contribution is 2.21. The number of rotatable bonds is 3. The molecule has 1 aliphatic heterocycles. The molecule has 1 N–H and O–H groups in total. The lowest BCUT2D eigenvalue weighted by Crippen LogP contribution is -2.37. The number of benzene rings is 1. The number of aryl methyl sites for hydroxylation is 1. The molecule has 4 heteroatoms. The number of carboxylic acids is 1. The summed E-state index contributed by atoms with van der Waals surface area (Å²) in [7, 11) is 0. The zero-order valence-corrected chi connectivity index (χ0v) is 9.72. The van der Waals surface area contributed by atoms with Crippen LogP contribution in [0.4, 0.5) is 0 Å². The highest BCUT2D eigenvalue weighted by molar-refractivity contribution is 5.87. The highest BCUT2D eigenvalue weighted by atomic mass is 16.4. The fourth-order valence-corrected chi connectivity index (χ4v) is 2.08. The van der Waals surface area contributed by atoms with Gasteiger partial charge >= 0.3 is 5.97 Å². The fraction of sp³-hybridized carbons (Fsp3) is 0.385. The molecule has 1 fully saturated rings. The summed E-state index contributed by atoms with van der Waals surface area (Å²) in [6, 6.07) is 7.13. The van der Waals surface area contributed by atoms with Gasteiger partial charge < -0.3 is 10.0 Å². The number of hydrogen-bond donors (Lipinski definition) is 1. The first-order chi connectivity index (χ1) is 8.08. The van der Waals surface area contributed by atoms with Crippen LogP contribution in [0.2, 0.25) is 0 Å². The SMILES string of the molecule is Cc1ccc(CN2C(=O)CCC2C(=O)O)cc1. The van der Waals surface area contributed by atoms with Gasteiger partial charge in [-0.25, -0.2) is 4.79 Å². The van der Waals surface area contributed by atoms with Gasteiger partial charge in [0.25, 0.3) is 0 Å². The van der Waals surface area contributed by atoms with Crippen LogP contribution in [0, 0.1) is 6.92 Å². The summed E-state index contributed by atoms with van der Waals surface area (Å²) < 4.78 is 0. The standard InChI is InChI=1S/C13H15NO3/c1-9-2-4-10(5-3-9)8-14-11(13(16)17)6-7-12(14)15/h2-5,11H,6-8H2,1H3,(H,16,17). The molecule has 0 bridgehead atoms. The van der Waals surface area contributed by atoms with E-state index in [1.54, 1.807) is 0 Å². The molecule has 2 rings (SSSR count). The van der Waals surface area contributed by atoms with Crippen LogP contribution < -0.4 is 0 Å². The van der Waals surface area contributed by atoms with Crippen molar-refractivity contribution < 1.29 is 14.7 Å². The third-order valence-electron chi connectivity index (χ3n) is 3.09. The van der Waals surface area contributed by atoms with Crippen LogP contribution in [0.1, 0.15) is 24.0 Å². The van der Waals surface area contributed by atoms with E-state index in [1.165, 1.54) is 4.90 Å². The van der Waals surface area contributed by atoms with Crippen LogP contribution in [0.3, 0.4) is 0 Å². The first-order valence-corrected chi connectivity index (χ1v) is 5.66. The van der Waals surface area contributed by atoms with E-state index in [9.17, 15) is 9.59 Å². The number of amides is 1. The Morgan fingerprint density at radius 2 is 2.06 bits per heavy atom. The summed E-state index contributed by atoms with van der Waals surface area (Å²) >= 11 is 0. The minimum atomic E-state index is -0.914. The molecule has 1 saturated heterocycles. The first-order valence-electron chi connectivity index (χ1n) is 5.66. The van der Waals surface area contributed by atoms with Gasteiger partial charge in [0.1, 0.15) is 6.04 Å². The van der Waals surface area contributed by atoms with Crippen LogP contribution in [-0.2, 0) is 16.1 Å². The van der Waals surface area contributed by atoms with Crippen molar-refractivity contribution in [2.75, 3.05) is 0 Å². The molecular weight excluding hydrogens is 218 g/mol. The van der Waals surface area contributed by atoms with E-state index < -0.39 is 12.0 Å². The molecule has 0 radical (unpaired) electrons. The molecule has 90 valence electrons. The van der Waals surface area contributed by atoms with E-state index in [2.05, 4.69) is 0 Å². The fourth-order valence-electron chi connectivity index (χ4n) is 2.08. The van der Waals surface area contributed by atoms with Crippen molar-refractivity contribution in [3.05, 3.63) is 35.4 Å². The number of carbonyl (C=O) groups is 2. The predicted molar refractivity (Wildman–Crippen MR) is 62.4 cm³/mol. The Hall–Kier alpha value is -1.84. The average Bonchev–Trinajstić information content (AvgIpc) is 2.64. The second-order valence-electron chi connectivity index (χ2n) is 4.40. The van der Waals surface area contributed by atoms with Crippen LogP contribution in [0.15, 0.2) is 24.3 Å². The van der Waals surface area contributed by atoms with Gasteiger partial charge in [-0.05, 0) is 18.9 Å². The van der Waals surface area contributed by atoms with Crippen molar-refractivity contribution in [2.45, 2.75) is 32.4 Å². The molecule has 1 unspecified atom stereocenters. The maximum absolute atomic E-state index is 11.6. The topological polar surface area (TPSA) is 57.6 Å². The number of carboxylic acid groups (broad SMARTS) is 1. The molecule has 1 heterocycles. The predicted octanol–water partition coefficient (Wildman–Crippen LogP) is 1.57. The summed E-state index contributed by atoms with van der Waals surface area (Å²) in [5.74, 6) is -0.985. The maximum atomic E-state index is 11.6. The van der Waals surface area contributed by atoms with Gasteiger partial charge in [0.15, 0.2) is 0 Å². The number of carbonyl (C=O) groups excluding carboxylic acids is 1. The second kappa shape index (κ2) is 4.57. The van der Waals surface area contributed by atoms with Gasteiger partial charge in [-0.3, -0.25) is 4.79 Å². The molecule has 1 aromatic rings. The van der Waals surface area contributed by atoms with Gasteiger partial charge in [-0.1, -0.05) is 29.8 Å². The van der Waals surface area contributed by atoms with E-state index in [-0.39, 0.29) is 5.91 Å². The van der Waals surface area contributed by atoms with Crippen molar-refractivity contribution in [3.63, 3.8) is 0 Å². The first kappa shape index (κ1) is 11.6. The van der Waals surface area contributed by atoms with Crippen LogP contribution >= 0.6 is 0 Å². The van der Waals surface area contributed by atoms with E-state index in [0.717, 1.165) is 11.1 Å². The molecule has 0 saturated carbocycles. The second-order valence-corrected chi connectivity index (χ2v) is 4.40. The maximum Gasteiger partial charge on any atom is 0.326 e. The van der Waals surface area contributed by atoms with E-state index >= 15 is 0 Å². The molecule has 0 spiro atoms. The molecule has 0 aromatic heterocycles. The Morgan fingerprint density at radius 1 is 1.41 bits per heavy atom. The van der Waals surface area contributed by atoms with Crippen molar-refractivity contribution in [2.24, 2.45) is 0 Å². The van der Waals surface area contributed by atoms with Crippen LogP contribution in [0.25, 0.3) is 0 Å². The summed E-state index contributed by atoms with van der Waals surface area (Å²) in [6.07, 6.45) is 0.753. The number of aliphatic carboxylic acids is 1. The average molecular weight is 233 g/mol. The van der Waals surface area contributed by atoms with Crippen LogP contribution in [0.5, 0.6) is 0 Å². The van der Waals surface area contributed by atoms with Crippen molar-refractivity contribution >= 4 is 11.9 Å². The lowest BCUT2D eigenvalue weighted by Gasteiger charge is -2.21. The third kappa shape index (κ3) is 2.46. The number of likely N-dealkylation sites (tertiary alicyclic amines) is 1. The lowest BCUT2D eigenvalue weighted by atomic mass is 10.1. The molecule has 1 amide bonds. The van der Waals surface area contributed by atoms with Gasteiger partial charge in [0, 0.05) is 13.0 Å². The Morgan fingerprint density at radius 3 is 2.65 bits per heavy atom. The Bertz CT molecular complexity index is 438. The zero-order valence-electron chi connectivity index (χ0n) is 9.72. The lowest BCUT2D eigenvalue weighted by molar-refractivity contribution is -0.146. The molecule has 17 heavy (non-hydrogen) atoms. The third-order valence-corrected chi connectivity index (χ3v) is 3.09.